The summed E-state index contributed by atoms with van der Waals surface area (Å²) in [5, 5.41) is 4.11. The number of nitrogens with zero attached hydrogens (tertiary/aromatic N) is 6. The maximum absolute atomic E-state index is 13.0. The number of piperazine rings is 1. The Morgan fingerprint density at radius 1 is 1.00 bits per heavy atom. The van der Waals surface area contributed by atoms with Gasteiger partial charge in [0.1, 0.15) is 5.69 Å². The van der Waals surface area contributed by atoms with Gasteiger partial charge in [-0.3, -0.25) is 14.7 Å². The number of rotatable bonds is 5. The molecule has 1 amide bonds. The van der Waals surface area contributed by atoms with E-state index in [1.165, 1.54) is 5.56 Å². The topological polar surface area (TPSA) is 87.8 Å². The molecule has 172 valence electrons. The molecule has 2 saturated heterocycles. The van der Waals surface area contributed by atoms with E-state index in [-0.39, 0.29) is 5.91 Å². The van der Waals surface area contributed by atoms with E-state index in [1.807, 2.05) is 48.2 Å². The highest BCUT2D eigenvalue weighted by molar-refractivity contribution is 5.93. The van der Waals surface area contributed by atoms with Gasteiger partial charge in [-0.25, -0.2) is 0 Å². The van der Waals surface area contributed by atoms with Gasteiger partial charge < -0.3 is 19.1 Å². The molecule has 3 aromatic rings. The number of morpholine rings is 1. The molecule has 2 aromatic heterocycles. The van der Waals surface area contributed by atoms with Crippen LogP contribution in [0.5, 0.6) is 0 Å². The van der Waals surface area contributed by atoms with Crippen LogP contribution in [-0.2, 0) is 11.3 Å². The summed E-state index contributed by atoms with van der Waals surface area (Å²) in [5.41, 5.74) is 3.65. The van der Waals surface area contributed by atoms with E-state index in [0.717, 1.165) is 37.4 Å². The van der Waals surface area contributed by atoms with Crippen LogP contribution in [0.3, 0.4) is 0 Å². The SMILES string of the molecule is Cc1ccc(-c2noc(CN3CCN(C(=O)c4cc(N5CCOCC5)ccn4)CC3)n2)cc1. The Kier molecular flexibility index (Phi) is 6.32. The number of carbonyl (C=O) groups excluding carboxylic acids is 1. The van der Waals surface area contributed by atoms with Crippen LogP contribution in [0.2, 0.25) is 0 Å². The third kappa shape index (κ3) is 5.04. The number of amides is 1. The first-order chi connectivity index (χ1) is 16.2. The third-order valence-corrected chi connectivity index (χ3v) is 6.14. The molecule has 2 aliphatic heterocycles. The number of benzene rings is 1. The molecule has 5 rings (SSSR count). The van der Waals surface area contributed by atoms with Crippen LogP contribution in [0.15, 0.2) is 47.1 Å². The van der Waals surface area contributed by atoms with Gasteiger partial charge in [-0.2, -0.15) is 4.98 Å². The second-order valence-electron chi connectivity index (χ2n) is 8.44. The van der Waals surface area contributed by atoms with Gasteiger partial charge in [0.15, 0.2) is 0 Å². The van der Waals surface area contributed by atoms with E-state index >= 15 is 0 Å². The summed E-state index contributed by atoms with van der Waals surface area (Å²) in [5.74, 6) is 1.17. The predicted molar refractivity (Wildman–Crippen MR) is 123 cm³/mol. The second-order valence-corrected chi connectivity index (χ2v) is 8.44. The van der Waals surface area contributed by atoms with Gasteiger partial charge in [0.2, 0.25) is 11.7 Å². The molecule has 0 atom stereocenters. The second kappa shape index (κ2) is 9.68. The van der Waals surface area contributed by atoms with E-state index in [9.17, 15) is 4.79 Å². The van der Waals surface area contributed by atoms with Crippen molar-refractivity contribution < 1.29 is 14.1 Å². The van der Waals surface area contributed by atoms with E-state index in [2.05, 4.69) is 24.9 Å². The first-order valence-corrected chi connectivity index (χ1v) is 11.4. The first-order valence-electron chi connectivity index (χ1n) is 11.4. The Morgan fingerprint density at radius 2 is 1.76 bits per heavy atom. The van der Waals surface area contributed by atoms with Gasteiger partial charge >= 0.3 is 0 Å². The number of carbonyl (C=O) groups is 1. The summed E-state index contributed by atoms with van der Waals surface area (Å²) in [6, 6.07) is 11.9. The van der Waals surface area contributed by atoms with Gasteiger partial charge in [0.25, 0.3) is 5.91 Å². The minimum atomic E-state index is -0.0239. The fraction of sp³-hybridized carbons (Fsp3) is 0.417. The van der Waals surface area contributed by atoms with Crippen LogP contribution in [0.4, 0.5) is 5.69 Å². The molecule has 0 spiro atoms. The molecular weight excluding hydrogens is 420 g/mol. The average molecular weight is 449 g/mol. The van der Waals surface area contributed by atoms with Crippen molar-refractivity contribution in [1.82, 2.24) is 24.9 Å². The molecule has 0 unspecified atom stereocenters. The highest BCUT2D eigenvalue weighted by Crippen LogP contribution is 2.19. The highest BCUT2D eigenvalue weighted by atomic mass is 16.5. The van der Waals surface area contributed by atoms with Crippen LogP contribution in [0, 0.1) is 6.92 Å². The number of pyridine rings is 1. The van der Waals surface area contributed by atoms with Crippen molar-refractivity contribution in [2.75, 3.05) is 57.4 Å². The van der Waals surface area contributed by atoms with Crippen molar-refractivity contribution in [2.24, 2.45) is 0 Å². The Labute approximate surface area is 193 Å². The molecule has 4 heterocycles. The van der Waals surface area contributed by atoms with Gasteiger partial charge in [-0.05, 0) is 19.1 Å². The number of anilines is 1. The smallest absolute Gasteiger partial charge is 0.272 e. The zero-order valence-corrected chi connectivity index (χ0v) is 18.8. The maximum atomic E-state index is 13.0. The van der Waals surface area contributed by atoms with Crippen molar-refractivity contribution >= 4 is 11.6 Å². The van der Waals surface area contributed by atoms with E-state index in [4.69, 9.17) is 9.26 Å². The standard InChI is InChI=1S/C24H28N6O3/c1-18-2-4-19(5-3-18)23-26-22(33-27-23)17-28-8-10-30(11-9-28)24(31)21-16-20(6-7-25-21)29-12-14-32-15-13-29/h2-7,16H,8-15,17H2,1H3. The van der Waals surface area contributed by atoms with Crippen LogP contribution in [0.1, 0.15) is 21.9 Å². The van der Waals surface area contributed by atoms with E-state index in [0.29, 0.717) is 50.3 Å². The van der Waals surface area contributed by atoms with Crippen LogP contribution in [-0.4, -0.2) is 83.3 Å². The lowest BCUT2D eigenvalue weighted by Crippen LogP contribution is -2.48. The Bertz CT molecular complexity index is 1090. The van der Waals surface area contributed by atoms with Crippen molar-refractivity contribution in [3.8, 4) is 11.4 Å². The summed E-state index contributed by atoms with van der Waals surface area (Å²) in [6.45, 7) is 8.48. The normalized spacial score (nSPS) is 17.4. The number of aromatic nitrogens is 3. The molecule has 9 heteroatoms. The van der Waals surface area contributed by atoms with Gasteiger partial charge in [-0.1, -0.05) is 35.0 Å². The first kappa shape index (κ1) is 21.5. The summed E-state index contributed by atoms with van der Waals surface area (Å²) in [7, 11) is 0. The third-order valence-electron chi connectivity index (χ3n) is 6.14. The molecule has 9 nitrogen and oxygen atoms in total. The molecule has 0 aliphatic carbocycles. The summed E-state index contributed by atoms with van der Waals surface area (Å²) in [6.07, 6.45) is 1.72. The van der Waals surface area contributed by atoms with Crippen LogP contribution < -0.4 is 4.90 Å². The van der Waals surface area contributed by atoms with Gasteiger partial charge in [0, 0.05) is 56.7 Å². The number of hydrogen-bond acceptors (Lipinski definition) is 8. The molecule has 2 fully saturated rings. The van der Waals surface area contributed by atoms with Crippen LogP contribution >= 0.6 is 0 Å². The van der Waals surface area contributed by atoms with Gasteiger partial charge in [0.05, 0.1) is 19.8 Å². The van der Waals surface area contributed by atoms with E-state index in [1.54, 1.807) is 6.20 Å². The molecule has 0 bridgehead atoms. The Morgan fingerprint density at radius 3 is 2.52 bits per heavy atom. The summed E-state index contributed by atoms with van der Waals surface area (Å²) in [4.78, 5) is 28.2. The minimum absolute atomic E-state index is 0.0239. The van der Waals surface area contributed by atoms with Crippen molar-refractivity contribution in [2.45, 2.75) is 13.5 Å². The molecule has 0 radical (unpaired) electrons. The van der Waals surface area contributed by atoms with Crippen molar-refractivity contribution in [3.05, 3.63) is 59.7 Å². The average Bonchev–Trinajstić information content (AvgIpc) is 3.33. The molecule has 1 aromatic carbocycles. The van der Waals surface area contributed by atoms with Crippen molar-refractivity contribution in [3.63, 3.8) is 0 Å². The lowest BCUT2D eigenvalue weighted by molar-refractivity contribution is 0.0609. The van der Waals surface area contributed by atoms with Crippen LogP contribution in [0.25, 0.3) is 11.4 Å². The minimum Gasteiger partial charge on any atom is -0.378 e. The van der Waals surface area contributed by atoms with Crippen molar-refractivity contribution in [1.29, 1.82) is 0 Å². The highest BCUT2D eigenvalue weighted by Gasteiger charge is 2.25. The Hall–Kier alpha value is -3.30. The quantitative estimate of drug-likeness (QED) is 0.587. The largest absolute Gasteiger partial charge is 0.378 e. The molecular formula is C24H28N6O3. The lowest BCUT2D eigenvalue weighted by Gasteiger charge is -2.34. The fourth-order valence-electron chi connectivity index (χ4n) is 4.16. The number of hydrogen-bond donors (Lipinski definition) is 0. The molecule has 0 N–H and O–H groups in total. The molecule has 0 saturated carbocycles. The Balaban J connectivity index is 1.16. The fourth-order valence-corrected chi connectivity index (χ4v) is 4.16. The zero-order valence-electron chi connectivity index (χ0n) is 18.8. The monoisotopic (exact) mass is 448 g/mol. The maximum Gasteiger partial charge on any atom is 0.272 e. The number of ether oxygens (including phenoxy) is 1. The molecule has 33 heavy (non-hydrogen) atoms. The van der Waals surface area contributed by atoms with Gasteiger partial charge in [-0.15, -0.1) is 0 Å². The van der Waals surface area contributed by atoms with E-state index < -0.39 is 0 Å². The summed E-state index contributed by atoms with van der Waals surface area (Å²) >= 11 is 0. The summed E-state index contributed by atoms with van der Waals surface area (Å²) < 4.78 is 10.9. The molecule has 2 aliphatic rings. The lowest BCUT2D eigenvalue weighted by atomic mass is 10.1. The number of aryl methyl sites for hydroxylation is 1. The predicted octanol–water partition coefficient (Wildman–Crippen LogP) is 2.23. The zero-order chi connectivity index (χ0) is 22.6.